The number of nitrogens with one attached hydrogen (secondary N) is 2. The van der Waals surface area contributed by atoms with Crippen LogP contribution in [0.25, 0.3) is 0 Å². The van der Waals surface area contributed by atoms with Crippen LogP contribution in [0.1, 0.15) is 50.3 Å². The fourth-order valence-corrected chi connectivity index (χ4v) is 6.47. The largest absolute Gasteiger partial charge is 0.381 e. The lowest BCUT2D eigenvalue weighted by atomic mass is 9.61. The van der Waals surface area contributed by atoms with Crippen molar-refractivity contribution in [1.29, 1.82) is 0 Å². The van der Waals surface area contributed by atoms with Crippen molar-refractivity contribution in [3.63, 3.8) is 0 Å². The number of hydrogen-bond donors (Lipinski definition) is 2. The van der Waals surface area contributed by atoms with Gasteiger partial charge in [-0.1, -0.05) is 58.5 Å². The number of ether oxygens (including phenoxy) is 2. The van der Waals surface area contributed by atoms with Gasteiger partial charge in [-0.25, -0.2) is 0 Å². The Labute approximate surface area is 235 Å². The van der Waals surface area contributed by atoms with Gasteiger partial charge < -0.3 is 20.1 Å². The van der Waals surface area contributed by atoms with Crippen LogP contribution in [0.2, 0.25) is 20.1 Å². The highest BCUT2D eigenvalue weighted by Crippen LogP contribution is 2.52. The molecule has 2 fully saturated rings. The number of rotatable bonds is 9. The molecule has 2 aromatic carbocycles. The Morgan fingerprint density at radius 3 is 2.33 bits per heavy atom. The first-order chi connectivity index (χ1) is 17.4. The Kier molecular flexibility index (Phi) is 10.3. The van der Waals surface area contributed by atoms with Crippen molar-refractivity contribution < 1.29 is 9.47 Å². The molecule has 2 unspecified atom stereocenters. The van der Waals surface area contributed by atoms with E-state index in [-0.39, 0.29) is 18.1 Å². The lowest BCUT2D eigenvalue weighted by Crippen LogP contribution is -2.54. The van der Waals surface area contributed by atoms with E-state index in [2.05, 4.69) is 23.6 Å². The summed E-state index contributed by atoms with van der Waals surface area (Å²) in [5, 5.41) is 9.26. The van der Waals surface area contributed by atoms with Gasteiger partial charge in [0.1, 0.15) is 0 Å². The molecule has 2 aliphatic rings. The van der Waals surface area contributed by atoms with Crippen LogP contribution in [-0.4, -0.2) is 45.5 Å². The maximum Gasteiger partial charge on any atom is 0.0930 e. The first-order valence-electron chi connectivity index (χ1n) is 12.9. The molecule has 0 aromatic heterocycles. The Morgan fingerprint density at radius 1 is 0.944 bits per heavy atom. The molecule has 2 heterocycles. The summed E-state index contributed by atoms with van der Waals surface area (Å²) in [6.07, 6.45) is 2.91. The van der Waals surface area contributed by atoms with E-state index in [1.54, 1.807) is 0 Å². The Balaban J connectivity index is 1.86. The molecule has 2 aromatic rings. The molecule has 198 valence electrons. The summed E-state index contributed by atoms with van der Waals surface area (Å²) in [6.45, 7) is 9.16. The smallest absolute Gasteiger partial charge is 0.0930 e. The molecule has 36 heavy (non-hydrogen) atoms. The van der Waals surface area contributed by atoms with E-state index >= 15 is 0 Å². The highest BCUT2D eigenvalue weighted by atomic mass is 35.5. The normalized spacial score (nSPS) is 26.5. The third kappa shape index (κ3) is 6.18. The minimum atomic E-state index is -0.415. The van der Waals surface area contributed by atoms with E-state index in [9.17, 15) is 0 Å². The first kappa shape index (κ1) is 28.4. The van der Waals surface area contributed by atoms with Gasteiger partial charge in [0.2, 0.25) is 0 Å². The van der Waals surface area contributed by atoms with Crippen LogP contribution in [0, 0.1) is 11.8 Å². The van der Waals surface area contributed by atoms with Gasteiger partial charge in [0.25, 0.3) is 0 Å². The summed E-state index contributed by atoms with van der Waals surface area (Å²) in [5.41, 5.74) is 1.70. The van der Waals surface area contributed by atoms with Crippen LogP contribution >= 0.6 is 46.4 Å². The van der Waals surface area contributed by atoms with Crippen LogP contribution in [0.4, 0.5) is 0 Å². The summed E-state index contributed by atoms with van der Waals surface area (Å²) < 4.78 is 13.2. The Bertz CT molecular complexity index is 1020. The highest BCUT2D eigenvalue weighted by molar-refractivity contribution is 6.42. The zero-order valence-electron chi connectivity index (χ0n) is 21.0. The number of hydrogen-bond acceptors (Lipinski definition) is 4. The molecule has 2 saturated heterocycles. The molecular weight excluding hydrogens is 538 g/mol. The van der Waals surface area contributed by atoms with Gasteiger partial charge in [0, 0.05) is 31.0 Å². The lowest BCUT2D eigenvalue weighted by Gasteiger charge is -2.51. The third-order valence-electron chi connectivity index (χ3n) is 7.88. The molecule has 0 saturated carbocycles. The standard InChI is InChI=1S/C28H36Cl4N2O2/c1-3-35-17-22-16-34-12-10-28(22,21-7-9-24(30)26(32)14-21)27(19-6-8-23(29)25(31)13-19)36-18(2)20-5-4-11-33-15-20/h6-9,13-14,18,20,22,27,33-34H,3-5,10-12,15-17H2,1-2H3/t18?,20?,22-,27-,28-/m1/s1. The monoisotopic (exact) mass is 572 g/mol. The average Bonchev–Trinajstić information content (AvgIpc) is 2.90. The van der Waals surface area contributed by atoms with Crippen molar-refractivity contribution in [3.05, 3.63) is 67.6 Å². The number of piperidine rings is 2. The SMILES string of the molecule is CCOC[C@H]1CNCC[C@]1(c1ccc(Cl)c(Cl)c1)[C@H](OC(C)C1CCCNC1)c1ccc(Cl)c(Cl)c1. The maximum absolute atomic E-state index is 7.15. The molecule has 0 spiro atoms. The molecule has 0 bridgehead atoms. The molecule has 2 aliphatic heterocycles. The summed E-state index contributed by atoms with van der Waals surface area (Å²) >= 11 is 25.9. The first-order valence-corrected chi connectivity index (χ1v) is 14.4. The van der Waals surface area contributed by atoms with Crippen LogP contribution in [-0.2, 0) is 14.9 Å². The van der Waals surface area contributed by atoms with Crippen molar-refractivity contribution in [2.45, 2.75) is 50.7 Å². The molecule has 0 aliphatic carbocycles. The second-order valence-corrected chi connectivity index (χ2v) is 11.6. The lowest BCUT2D eigenvalue weighted by molar-refractivity contribution is -0.107. The van der Waals surface area contributed by atoms with Crippen molar-refractivity contribution in [3.8, 4) is 0 Å². The zero-order valence-corrected chi connectivity index (χ0v) is 24.0. The summed E-state index contributed by atoms with van der Waals surface area (Å²) in [6, 6.07) is 11.9. The van der Waals surface area contributed by atoms with E-state index in [0.717, 1.165) is 56.6 Å². The molecule has 8 heteroatoms. The van der Waals surface area contributed by atoms with Gasteiger partial charge in [-0.2, -0.15) is 0 Å². The van der Waals surface area contributed by atoms with Gasteiger partial charge in [-0.15, -0.1) is 0 Å². The fourth-order valence-electron chi connectivity index (χ4n) is 5.87. The van der Waals surface area contributed by atoms with Crippen LogP contribution in [0.15, 0.2) is 36.4 Å². The zero-order chi connectivity index (χ0) is 25.7. The van der Waals surface area contributed by atoms with E-state index in [1.165, 1.54) is 0 Å². The van der Waals surface area contributed by atoms with Gasteiger partial charge >= 0.3 is 0 Å². The molecular formula is C28H36Cl4N2O2. The average molecular weight is 574 g/mol. The van der Waals surface area contributed by atoms with Crippen LogP contribution in [0.3, 0.4) is 0 Å². The van der Waals surface area contributed by atoms with E-state index in [4.69, 9.17) is 55.9 Å². The van der Waals surface area contributed by atoms with Crippen LogP contribution < -0.4 is 10.6 Å². The van der Waals surface area contributed by atoms with Crippen LogP contribution in [0.5, 0.6) is 0 Å². The van der Waals surface area contributed by atoms with Gasteiger partial charge in [0.15, 0.2) is 0 Å². The van der Waals surface area contributed by atoms with E-state index in [1.807, 2.05) is 37.3 Å². The van der Waals surface area contributed by atoms with E-state index in [0.29, 0.717) is 39.2 Å². The Hall–Kier alpha value is -0.560. The second-order valence-electron chi connectivity index (χ2n) is 9.98. The minimum absolute atomic E-state index is 0.0412. The van der Waals surface area contributed by atoms with Gasteiger partial charge in [-0.3, -0.25) is 0 Å². The Morgan fingerprint density at radius 2 is 1.67 bits per heavy atom. The molecule has 2 N–H and O–H groups in total. The number of benzene rings is 2. The molecule has 5 atom stereocenters. The van der Waals surface area contributed by atoms with E-state index < -0.39 is 5.41 Å². The summed E-state index contributed by atoms with van der Waals surface area (Å²) in [5.74, 6) is 0.571. The van der Waals surface area contributed by atoms with Crippen molar-refractivity contribution in [2.75, 3.05) is 39.4 Å². The maximum atomic E-state index is 7.15. The number of halogens is 4. The highest BCUT2D eigenvalue weighted by Gasteiger charge is 2.50. The van der Waals surface area contributed by atoms with Crippen molar-refractivity contribution in [2.24, 2.45) is 11.8 Å². The second kappa shape index (κ2) is 13.0. The summed E-state index contributed by atoms with van der Waals surface area (Å²) in [4.78, 5) is 0. The van der Waals surface area contributed by atoms with Gasteiger partial charge in [0.05, 0.1) is 38.9 Å². The van der Waals surface area contributed by atoms with Crippen molar-refractivity contribution in [1.82, 2.24) is 10.6 Å². The third-order valence-corrected chi connectivity index (χ3v) is 9.36. The summed E-state index contributed by atoms with van der Waals surface area (Å²) in [7, 11) is 0. The molecule has 0 amide bonds. The predicted molar refractivity (Wildman–Crippen MR) is 151 cm³/mol. The minimum Gasteiger partial charge on any atom is -0.381 e. The quantitative estimate of drug-likeness (QED) is 0.329. The predicted octanol–water partition coefficient (Wildman–Crippen LogP) is 7.33. The van der Waals surface area contributed by atoms with Crippen molar-refractivity contribution >= 4 is 46.4 Å². The molecule has 4 rings (SSSR count). The fraction of sp³-hybridized carbons (Fsp3) is 0.571. The topological polar surface area (TPSA) is 42.5 Å². The molecule has 4 nitrogen and oxygen atoms in total. The molecule has 0 radical (unpaired) electrons. The van der Waals surface area contributed by atoms with Gasteiger partial charge in [-0.05, 0) is 87.5 Å².